The van der Waals surface area contributed by atoms with Crippen molar-refractivity contribution in [2.24, 2.45) is 0 Å². The molecule has 7 heteroatoms. The van der Waals surface area contributed by atoms with Gasteiger partial charge in [-0.05, 0) is 56.1 Å². The van der Waals surface area contributed by atoms with Gasteiger partial charge in [-0.1, -0.05) is 11.6 Å². The first-order valence-electron chi connectivity index (χ1n) is 5.15. The Morgan fingerprint density at radius 2 is 2.05 bits per heavy atom. The van der Waals surface area contributed by atoms with Gasteiger partial charge in [0, 0.05) is 20.8 Å². The summed E-state index contributed by atoms with van der Waals surface area (Å²) in [5, 5.41) is 3.30. The summed E-state index contributed by atoms with van der Waals surface area (Å²) in [4.78, 5) is 16.0. The number of aromatic nitrogens is 1. The van der Waals surface area contributed by atoms with Crippen LogP contribution < -0.4 is 11.1 Å². The number of carbonyl (C=O) groups excluding carboxylic acids is 1. The average Bonchev–Trinajstić information content (AvgIpc) is 2.36. The van der Waals surface area contributed by atoms with Gasteiger partial charge in [-0.3, -0.25) is 4.79 Å². The lowest BCUT2D eigenvalue weighted by atomic mass is 10.2. The van der Waals surface area contributed by atoms with E-state index in [1.54, 1.807) is 24.3 Å². The maximum Gasteiger partial charge on any atom is 0.259 e. The van der Waals surface area contributed by atoms with Crippen LogP contribution in [0, 0.1) is 0 Å². The minimum atomic E-state index is -0.333. The van der Waals surface area contributed by atoms with Crippen molar-refractivity contribution in [3.05, 3.63) is 50.0 Å². The van der Waals surface area contributed by atoms with Gasteiger partial charge in [0.05, 0.1) is 10.6 Å². The van der Waals surface area contributed by atoms with Crippen LogP contribution in [0.1, 0.15) is 10.4 Å². The number of carbonyl (C=O) groups is 1. The summed E-state index contributed by atoms with van der Waals surface area (Å²) in [6.45, 7) is 0. The van der Waals surface area contributed by atoms with Gasteiger partial charge in [0.15, 0.2) is 0 Å². The molecule has 3 N–H and O–H groups in total. The van der Waals surface area contributed by atoms with Crippen LogP contribution in [0.15, 0.2) is 39.4 Å². The summed E-state index contributed by atoms with van der Waals surface area (Å²) in [7, 11) is 0. The van der Waals surface area contributed by atoms with Crippen molar-refractivity contribution in [1.29, 1.82) is 0 Å². The maximum absolute atomic E-state index is 12.1. The highest BCUT2D eigenvalue weighted by Crippen LogP contribution is 2.26. The molecule has 1 amide bonds. The number of benzene rings is 1. The molecule has 0 aliphatic carbocycles. The number of anilines is 2. The van der Waals surface area contributed by atoms with E-state index in [0.717, 1.165) is 0 Å². The van der Waals surface area contributed by atoms with Crippen molar-refractivity contribution in [3.63, 3.8) is 0 Å². The van der Waals surface area contributed by atoms with Gasteiger partial charge in [0.25, 0.3) is 5.91 Å². The molecule has 0 aliphatic heterocycles. The normalized spacial score (nSPS) is 10.3. The Morgan fingerprint density at radius 3 is 2.74 bits per heavy atom. The number of nitrogens with one attached hydrogen (secondary N) is 1. The zero-order valence-electron chi connectivity index (χ0n) is 9.45. The van der Waals surface area contributed by atoms with E-state index < -0.39 is 0 Å². The number of rotatable bonds is 2. The molecule has 0 saturated carbocycles. The lowest BCUT2D eigenvalue weighted by Gasteiger charge is -2.08. The third kappa shape index (κ3) is 3.46. The molecule has 0 aliphatic rings. The fraction of sp³-hybridized carbons (Fsp3) is 0. The van der Waals surface area contributed by atoms with Crippen molar-refractivity contribution >= 4 is 60.9 Å². The van der Waals surface area contributed by atoms with E-state index in [4.69, 9.17) is 17.3 Å². The molecule has 0 bridgehead atoms. The van der Waals surface area contributed by atoms with Gasteiger partial charge in [-0.25, -0.2) is 4.98 Å². The Kier molecular flexibility index (Phi) is 4.44. The zero-order valence-corrected chi connectivity index (χ0v) is 13.4. The van der Waals surface area contributed by atoms with Crippen molar-refractivity contribution in [1.82, 2.24) is 4.98 Å². The summed E-state index contributed by atoms with van der Waals surface area (Å²) in [6, 6.07) is 6.71. The minimum Gasteiger partial charge on any atom is -0.383 e. The second-order valence-electron chi connectivity index (χ2n) is 3.67. The highest BCUT2D eigenvalue weighted by atomic mass is 79.9. The lowest BCUT2D eigenvalue weighted by molar-refractivity contribution is 0.102. The first kappa shape index (κ1) is 14.3. The van der Waals surface area contributed by atoms with Crippen LogP contribution in [0.4, 0.5) is 11.5 Å². The third-order valence-corrected chi connectivity index (χ3v) is 3.95. The molecule has 2 rings (SSSR count). The predicted octanol–water partition coefficient (Wildman–Crippen LogP) is 4.09. The summed E-state index contributed by atoms with van der Waals surface area (Å²) >= 11 is 12.4. The molecular weight excluding hydrogens is 397 g/mol. The summed E-state index contributed by atoms with van der Waals surface area (Å²) in [6.07, 6.45) is 1.53. The maximum atomic E-state index is 12.1. The Balaban J connectivity index is 2.25. The number of pyridine rings is 1. The Morgan fingerprint density at radius 1 is 1.32 bits per heavy atom. The van der Waals surface area contributed by atoms with E-state index in [-0.39, 0.29) is 11.7 Å². The Hall–Kier alpha value is -1.11. The van der Waals surface area contributed by atoms with E-state index in [2.05, 4.69) is 42.2 Å². The molecule has 1 aromatic carbocycles. The van der Waals surface area contributed by atoms with Gasteiger partial charge < -0.3 is 11.1 Å². The predicted molar refractivity (Wildman–Crippen MR) is 83.5 cm³/mol. The molecular formula is C12H8Br2ClN3O. The summed E-state index contributed by atoms with van der Waals surface area (Å²) < 4.78 is 1.39. The molecule has 19 heavy (non-hydrogen) atoms. The summed E-state index contributed by atoms with van der Waals surface area (Å²) in [5.74, 6) is -0.158. The number of nitrogens with two attached hydrogens (primary N) is 1. The van der Waals surface area contributed by atoms with Gasteiger partial charge in [0.2, 0.25) is 0 Å². The van der Waals surface area contributed by atoms with Gasteiger partial charge in [-0.2, -0.15) is 0 Å². The van der Waals surface area contributed by atoms with Crippen molar-refractivity contribution in [3.8, 4) is 0 Å². The van der Waals surface area contributed by atoms with Gasteiger partial charge >= 0.3 is 0 Å². The first-order chi connectivity index (χ1) is 8.97. The molecule has 0 spiro atoms. The van der Waals surface area contributed by atoms with Crippen LogP contribution in [-0.2, 0) is 0 Å². The fourth-order valence-corrected chi connectivity index (χ4v) is 2.23. The highest BCUT2D eigenvalue weighted by molar-refractivity contribution is 9.10. The van der Waals surface area contributed by atoms with Crippen LogP contribution in [0.3, 0.4) is 0 Å². The highest BCUT2D eigenvalue weighted by Gasteiger charge is 2.12. The van der Waals surface area contributed by atoms with E-state index in [0.29, 0.717) is 25.2 Å². The third-order valence-electron chi connectivity index (χ3n) is 2.31. The second kappa shape index (κ2) is 5.90. The van der Waals surface area contributed by atoms with Crippen LogP contribution in [0.25, 0.3) is 0 Å². The molecule has 0 unspecified atom stereocenters. The van der Waals surface area contributed by atoms with Crippen molar-refractivity contribution in [2.75, 3.05) is 11.1 Å². The smallest absolute Gasteiger partial charge is 0.259 e. The van der Waals surface area contributed by atoms with Gasteiger partial charge in [-0.15, -0.1) is 0 Å². The molecule has 0 radical (unpaired) electrons. The first-order valence-corrected chi connectivity index (χ1v) is 7.11. The quantitative estimate of drug-likeness (QED) is 0.791. The molecule has 1 aromatic heterocycles. The number of nitrogens with zero attached hydrogens (tertiary/aromatic N) is 1. The topological polar surface area (TPSA) is 68.0 Å². The largest absolute Gasteiger partial charge is 0.383 e. The van der Waals surface area contributed by atoms with Crippen LogP contribution in [-0.4, -0.2) is 10.9 Å². The minimum absolute atomic E-state index is 0.175. The van der Waals surface area contributed by atoms with E-state index in [1.165, 1.54) is 6.20 Å². The van der Waals surface area contributed by atoms with Crippen molar-refractivity contribution in [2.45, 2.75) is 0 Å². The Bertz CT molecular complexity index is 649. The second-order valence-corrected chi connectivity index (χ2v) is 5.85. The van der Waals surface area contributed by atoms with Gasteiger partial charge in [0.1, 0.15) is 5.82 Å². The number of hydrogen-bond acceptors (Lipinski definition) is 3. The molecule has 4 nitrogen and oxygen atoms in total. The van der Waals surface area contributed by atoms with Crippen LogP contribution >= 0.6 is 43.5 Å². The molecule has 0 fully saturated rings. The number of hydrogen-bond donors (Lipinski definition) is 2. The molecule has 0 atom stereocenters. The molecule has 1 heterocycles. The molecule has 98 valence electrons. The molecule has 0 saturated heterocycles. The summed E-state index contributed by atoms with van der Waals surface area (Å²) in [5.41, 5.74) is 6.59. The zero-order chi connectivity index (χ0) is 14.0. The monoisotopic (exact) mass is 403 g/mol. The van der Waals surface area contributed by atoms with Crippen LogP contribution in [0.5, 0.6) is 0 Å². The fourth-order valence-electron chi connectivity index (χ4n) is 1.40. The standard InChI is InChI=1S/C12H8Br2ClN3O/c13-6-3-8(11(16)17-5-6)12(19)18-7-1-2-10(15)9(14)4-7/h1-5H,(H2,16,17)(H,18,19). The number of halogens is 3. The Labute approximate surface area is 131 Å². The van der Waals surface area contributed by atoms with E-state index in [1.807, 2.05) is 0 Å². The number of amides is 1. The van der Waals surface area contributed by atoms with E-state index >= 15 is 0 Å². The average molecular weight is 405 g/mol. The lowest BCUT2D eigenvalue weighted by Crippen LogP contribution is -2.14. The van der Waals surface area contributed by atoms with E-state index in [9.17, 15) is 4.79 Å². The SMILES string of the molecule is Nc1ncc(Br)cc1C(=O)Nc1ccc(Cl)c(Br)c1. The van der Waals surface area contributed by atoms with Crippen molar-refractivity contribution < 1.29 is 4.79 Å². The number of nitrogen functional groups attached to an aromatic ring is 1. The molecule has 2 aromatic rings. The van der Waals surface area contributed by atoms with Crippen LogP contribution in [0.2, 0.25) is 5.02 Å².